The van der Waals surface area contributed by atoms with Gasteiger partial charge in [-0.25, -0.2) is 0 Å². The van der Waals surface area contributed by atoms with Crippen LogP contribution in [0.5, 0.6) is 0 Å². The van der Waals surface area contributed by atoms with E-state index in [0.29, 0.717) is 0 Å². The zero-order valence-electron chi connectivity index (χ0n) is 12.2. The average Bonchev–Trinajstić information content (AvgIpc) is 2.68. The topological polar surface area (TPSA) is 74.7 Å². The van der Waals surface area contributed by atoms with Gasteiger partial charge < -0.3 is 5.11 Å². The number of aliphatic carboxylic acids is 1. The molecule has 1 N–H and O–H groups in total. The zero-order chi connectivity index (χ0) is 15.6. The van der Waals surface area contributed by atoms with Gasteiger partial charge in [-0.05, 0) is 25.8 Å². The molecule has 2 amide bonds. The molecule has 1 aliphatic heterocycles. The molecule has 0 radical (unpaired) electrons. The van der Waals surface area contributed by atoms with Gasteiger partial charge in [0.15, 0.2) is 0 Å². The van der Waals surface area contributed by atoms with Gasteiger partial charge in [0.1, 0.15) is 0 Å². The summed E-state index contributed by atoms with van der Waals surface area (Å²) in [4.78, 5) is 36.8. The van der Waals surface area contributed by atoms with Crippen LogP contribution < -0.4 is 0 Å². The summed E-state index contributed by atoms with van der Waals surface area (Å²) in [5, 5.41) is 8.73. The van der Waals surface area contributed by atoms with E-state index in [1.54, 1.807) is 13.8 Å². The minimum Gasteiger partial charge on any atom is -0.481 e. The smallest absolute Gasteiger partial charge is 0.303 e. The van der Waals surface area contributed by atoms with Crippen molar-refractivity contribution in [2.45, 2.75) is 44.6 Å². The summed E-state index contributed by atoms with van der Waals surface area (Å²) in [6, 6.07) is 8.84. The molecule has 0 aromatic heterocycles. The Morgan fingerprint density at radius 1 is 1.33 bits per heavy atom. The predicted molar refractivity (Wildman–Crippen MR) is 76.6 cm³/mol. The summed E-state index contributed by atoms with van der Waals surface area (Å²) in [5.74, 6) is -1.40. The highest BCUT2D eigenvalue weighted by Crippen LogP contribution is 2.37. The summed E-state index contributed by atoms with van der Waals surface area (Å²) < 4.78 is 0. The molecule has 1 heterocycles. The van der Waals surface area contributed by atoms with Gasteiger partial charge in [0, 0.05) is 18.9 Å². The number of amides is 2. The molecular formula is C16H19NO4. The second kappa shape index (κ2) is 5.68. The van der Waals surface area contributed by atoms with E-state index in [1.807, 2.05) is 30.3 Å². The third-order valence-corrected chi connectivity index (χ3v) is 4.09. The number of rotatable bonds is 5. The predicted octanol–water partition coefficient (Wildman–Crippen LogP) is 1.96. The van der Waals surface area contributed by atoms with Crippen LogP contribution >= 0.6 is 0 Å². The number of carbonyl (C=O) groups excluding carboxylic acids is 2. The van der Waals surface area contributed by atoms with Crippen molar-refractivity contribution >= 4 is 17.8 Å². The van der Waals surface area contributed by atoms with Crippen molar-refractivity contribution in [3.8, 4) is 0 Å². The molecule has 0 spiro atoms. The highest BCUT2D eigenvalue weighted by atomic mass is 16.4. The molecular weight excluding hydrogens is 270 g/mol. The Kier molecular flexibility index (Phi) is 4.11. The lowest BCUT2D eigenvalue weighted by molar-refractivity contribution is -0.144. The normalized spacial score (nSPS) is 23.4. The van der Waals surface area contributed by atoms with Crippen LogP contribution in [0.4, 0.5) is 0 Å². The number of nitrogens with zero attached hydrogens (tertiary/aromatic N) is 1. The van der Waals surface area contributed by atoms with E-state index in [9.17, 15) is 14.4 Å². The summed E-state index contributed by atoms with van der Waals surface area (Å²) in [6.45, 7) is 3.49. The third-order valence-electron chi connectivity index (χ3n) is 4.09. The van der Waals surface area contributed by atoms with Gasteiger partial charge in [-0.1, -0.05) is 30.3 Å². The Hall–Kier alpha value is -2.17. The zero-order valence-corrected chi connectivity index (χ0v) is 12.2. The van der Waals surface area contributed by atoms with Crippen molar-refractivity contribution in [1.29, 1.82) is 0 Å². The van der Waals surface area contributed by atoms with Crippen molar-refractivity contribution in [3.05, 3.63) is 35.9 Å². The van der Waals surface area contributed by atoms with Crippen molar-refractivity contribution in [2.24, 2.45) is 0 Å². The molecule has 112 valence electrons. The molecule has 0 bridgehead atoms. The fourth-order valence-corrected chi connectivity index (χ4v) is 2.78. The number of imide groups is 1. The first-order chi connectivity index (χ1) is 9.86. The number of hydrogen-bond acceptors (Lipinski definition) is 3. The molecule has 2 rings (SSSR count). The van der Waals surface area contributed by atoms with Gasteiger partial charge in [0.05, 0.1) is 5.41 Å². The first-order valence-electron chi connectivity index (χ1n) is 7.00. The molecule has 0 aliphatic carbocycles. The van der Waals surface area contributed by atoms with Gasteiger partial charge in [-0.15, -0.1) is 0 Å². The quantitative estimate of drug-likeness (QED) is 0.841. The van der Waals surface area contributed by atoms with E-state index in [1.165, 1.54) is 4.90 Å². The maximum atomic E-state index is 12.7. The lowest BCUT2D eigenvalue weighted by atomic mass is 9.81. The minimum atomic E-state index is -0.924. The fourth-order valence-electron chi connectivity index (χ4n) is 2.78. The minimum absolute atomic E-state index is 0.0553. The van der Waals surface area contributed by atoms with Crippen LogP contribution in [0.25, 0.3) is 0 Å². The molecule has 5 heteroatoms. The molecule has 1 aromatic carbocycles. The van der Waals surface area contributed by atoms with Gasteiger partial charge in [0.2, 0.25) is 11.8 Å². The van der Waals surface area contributed by atoms with Gasteiger partial charge in [-0.3, -0.25) is 19.3 Å². The monoisotopic (exact) mass is 289 g/mol. The Morgan fingerprint density at radius 3 is 2.52 bits per heavy atom. The molecule has 1 aliphatic rings. The van der Waals surface area contributed by atoms with Crippen LogP contribution in [-0.2, 0) is 19.8 Å². The van der Waals surface area contributed by atoms with E-state index in [-0.39, 0.29) is 31.1 Å². The first kappa shape index (κ1) is 15.2. The molecule has 21 heavy (non-hydrogen) atoms. The van der Waals surface area contributed by atoms with Crippen LogP contribution in [0.2, 0.25) is 0 Å². The molecule has 2 atom stereocenters. The number of likely N-dealkylation sites (tertiary alicyclic amines) is 1. The van der Waals surface area contributed by atoms with Crippen LogP contribution in [0.15, 0.2) is 30.3 Å². The van der Waals surface area contributed by atoms with E-state index in [4.69, 9.17) is 5.11 Å². The van der Waals surface area contributed by atoms with E-state index in [2.05, 4.69) is 0 Å². The summed E-state index contributed by atoms with van der Waals surface area (Å²) in [6.07, 6.45) is 0.352. The van der Waals surface area contributed by atoms with E-state index >= 15 is 0 Å². The van der Waals surface area contributed by atoms with Gasteiger partial charge >= 0.3 is 5.97 Å². The molecule has 1 aromatic rings. The van der Waals surface area contributed by atoms with Crippen LogP contribution in [-0.4, -0.2) is 33.8 Å². The summed E-state index contributed by atoms with van der Waals surface area (Å²) in [7, 11) is 0. The van der Waals surface area contributed by atoms with Crippen LogP contribution in [0.1, 0.15) is 38.7 Å². The Labute approximate surface area is 123 Å². The molecule has 2 unspecified atom stereocenters. The Bertz CT molecular complexity index is 569. The number of benzene rings is 1. The molecule has 0 saturated carbocycles. The van der Waals surface area contributed by atoms with Crippen LogP contribution in [0, 0.1) is 0 Å². The third kappa shape index (κ3) is 2.82. The lowest BCUT2D eigenvalue weighted by Crippen LogP contribution is -2.42. The Balaban J connectivity index is 2.22. The van der Waals surface area contributed by atoms with Crippen molar-refractivity contribution in [3.63, 3.8) is 0 Å². The molecule has 1 fully saturated rings. The highest BCUT2D eigenvalue weighted by molar-refractivity contribution is 6.09. The maximum absolute atomic E-state index is 12.7. The largest absolute Gasteiger partial charge is 0.481 e. The number of carboxylic acid groups (broad SMARTS) is 1. The fraction of sp³-hybridized carbons (Fsp3) is 0.438. The molecule has 1 saturated heterocycles. The Morgan fingerprint density at radius 2 is 1.95 bits per heavy atom. The van der Waals surface area contributed by atoms with Crippen molar-refractivity contribution in [1.82, 2.24) is 4.90 Å². The maximum Gasteiger partial charge on any atom is 0.303 e. The molecule has 5 nitrogen and oxygen atoms in total. The first-order valence-corrected chi connectivity index (χ1v) is 7.00. The summed E-state index contributed by atoms with van der Waals surface area (Å²) >= 11 is 0. The average molecular weight is 289 g/mol. The van der Waals surface area contributed by atoms with E-state index < -0.39 is 17.4 Å². The highest BCUT2D eigenvalue weighted by Gasteiger charge is 2.50. The van der Waals surface area contributed by atoms with Gasteiger partial charge in [0.25, 0.3) is 0 Å². The number of hydrogen-bond donors (Lipinski definition) is 1. The second-order valence-corrected chi connectivity index (χ2v) is 5.73. The lowest BCUT2D eigenvalue weighted by Gasteiger charge is -2.26. The number of carbonyl (C=O) groups is 3. The van der Waals surface area contributed by atoms with Crippen molar-refractivity contribution in [2.75, 3.05) is 0 Å². The van der Waals surface area contributed by atoms with E-state index in [0.717, 1.165) is 5.56 Å². The van der Waals surface area contributed by atoms with Crippen LogP contribution in [0.3, 0.4) is 0 Å². The SMILES string of the molecule is CC(CCC(=O)O)N1C(=O)CC(C)(c2ccccc2)C1=O. The second-order valence-electron chi connectivity index (χ2n) is 5.73. The van der Waals surface area contributed by atoms with Crippen molar-refractivity contribution < 1.29 is 19.5 Å². The van der Waals surface area contributed by atoms with Gasteiger partial charge in [-0.2, -0.15) is 0 Å². The standard InChI is InChI=1S/C16H19NO4/c1-11(8-9-14(19)20)17-13(18)10-16(2,15(17)21)12-6-4-3-5-7-12/h3-7,11H,8-10H2,1-2H3,(H,19,20). The number of carboxylic acids is 1. The summed E-state index contributed by atoms with van der Waals surface area (Å²) in [5.41, 5.74) is -0.0354.